The van der Waals surface area contributed by atoms with Crippen molar-refractivity contribution in [1.82, 2.24) is 4.98 Å². The number of pyridine rings is 1. The molecule has 1 saturated heterocycles. The molecule has 1 aliphatic heterocycles. The third-order valence-corrected chi connectivity index (χ3v) is 2.98. The van der Waals surface area contributed by atoms with Crippen LogP contribution in [-0.2, 0) is 4.79 Å². The average Bonchev–Trinajstić information content (AvgIpc) is 2.56. The summed E-state index contributed by atoms with van der Waals surface area (Å²) in [6.45, 7) is 0.238. The Balaban J connectivity index is 2.49. The van der Waals surface area contributed by atoms with Crippen molar-refractivity contribution < 1.29 is 9.72 Å². The van der Waals surface area contributed by atoms with E-state index in [9.17, 15) is 14.9 Å². The summed E-state index contributed by atoms with van der Waals surface area (Å²) in [5.74, 6) is -0.254. The van der Waals surface area contributed by atoms with E-state index in [-0.39, 0.29) is 40.8 Å². The van der Waals surface area contributed by atoms with Crippen LogP contribution in [0.1, 0.15) is 6.42 Å². The van der Waals surface area contributed by atoms with E-state index in [1.54, 1.807) is 0 Å². The molecule has 1 aliphatic rings. The van der Waals surface area contributed by atoms with Crippen LogP contribution in [0, 0.1) is 10.1 Å². The topological polar surface area (TPSA) is 76.3 Å². The summed E-state index contributed by atoms with van der Waals surface area (Å²) >= 11 is 11.5. The maximum atomic E-state index is 11.6. The number of rotatable bonds is 2. The number of hydrogen-bond acceptors (Lipinski definition) is 4. The Bertz CT molecular complexity index is 494. The monoisotopic (exact) mass is 275 g/mol. The molecule has 1 atom stereocenters. The zero-order valence-corrected chi connectivity index (χ0v) is 9.98. The van der Waals surface area contributed by atoms with Gasteiger partial charge in [0.1, 0.15) is 5.69 Å². The molecule has 0 spiro atoms. The molecule has 1 unspecified atom stereocenters. The number of halogens is 2. The van der Waals surface area contributed by atoms with Gasteiger partial charge >= 0.3 is 5.69 Å². The molecule has 0 aromatic carbocycles. The van der Waals surface area contributed by atoms with Gasteiger partial charge in [0.15, 0.2) is 0 Å². The summed E-state index contributed by atoms with van der Waals surface area (Å²) in [6.07, 6.45) is 1.48. The van der Waals surface area contributed by atoms with Crippen LogP contribution in [0.2, 0.25) is 5.15 Å². The molecule has 8 heteroatoms. The molecular weight excluding hydrogens is 269 g/mol. The zero-order valence-electron chi connectivity index (χ0n) is 8.47. The second kappa shape index (κ2) is 4.46. The van der Waals surface area contributed by atoms with E-state index < -0.39 is 4.92 Å². The third kappa shape index (κ3) is 2.18. The standard InChI is InChI=1S/C9H7Cl2N3O3/c10-5-3-7(15)13(4-5)6-1-2-12-9(11)8(6)14(16)17/h1-2,5H,3-4H2. The summed E-state index contributed by atoms with van der Waals surface area (Å²) in [6, 6.07) is 1.39. The quantitative estimate of drug-likeness (QED) is 0.358. The smallest absolute Gasteiger partial charge is 0.305 e. The van der Waals surface area contributed by atoms with E-state index >= 15 is 0 Å². The lowest BCUT2D eigenvalue weighted by Crippen LogP contribution is -2.25. The zero-order chi connectivity index (χ0) is 12.6. The van der Waals surface area contributed by atoms with Crippen molar-refractivity contribution in [1.29, 1.82) is 0 Å². The predicted molar refractivity (Wildman–Crippen MR) is 62.5 cm³/mol. The lowest BCUT2D eigenvalue weighted by molar-refractivity contribution is -0.384. The average molecular weight is 276 g/mol. The molecule has 1 fully saturated rings. The van der Waals surface area contributed by atoms with Gasteiger partial charge in [0.05, 0.1) is 10.3 Å². The van der Waals surface area contributed by atoms with E-state index in [1.807, 2.05) is 0 Å². The highest BCUT2D eigenvalue weighted by atomic mass is 35.5. The van der Waals surface area contributed by atoms with Crippen LogP contribution < -0.4 is 4.90 Å². The first-order chi connectivity index (χ1) is 8.00. The maximum Gasteiger partial charge on any atom is 0.329 e. The van der Waals surface area contributed by atoms with Crippen molar-refractivity contribution in [2.45, 2.75) is 11.8 Å². The first-order valence-corrected chi connectivity index (χ1v) is 5.55. The second-order valence-corrected chi connectivity index (χ2v) is 4.51. The number of carbonyl (C=O) groups excluding carboxylic acids is 1. The molecule has 0 saturated carbocycles. The highest BCUT2D eigenvalue weighted by Crippen LogP contribution is 2.36. The number of aromatic nitrogens is 1. The molecule has 6 nitrogen and oxygen atoms in total. The van der Waals surface area contributed by atoms with Crippen molar-refractivity contribution in [3.63, 3.8) is 0 Å². The minimum Gasteiger partial charge on any atom is -0.305 e. The van der Waals surface area contributed by atoms with Crippen LogP contribution in [-0.4, -0.2) is 27.7 Å². The van der Waals surface area contributed by atoms with Gasteiger partial charge in [-0.2, -0.15) is 0 Å². The highest BCUT2D eigenvalue weighted by molar-refractivity contribution is 6.32. The van der Waals surface area contributed by atoms with E-state index in [0.717, 1.165) is 0 Å². The summed E-state index contributed by atoms with van der Waals surface area (Å²) in [7, 11) is 0. The third-order valence-electron chi connectivity index (χ3n) is 2.41. The Labute approximate surface area is 106 Å². The molecule has 90 valence electrons. The fourth-order valence-corrected chi connectivity index (χ4v) is 2.19. The highest BCUT2D eigenvalue weighted by Gasteiger charge is 2.34. The number of nitro groups is 1. The Kier molecular flexibility index (Phi) is 3.17. The summed E-state index contributed by atoms with van der Waals surface area (Å²) in [5.41, 5.74) is -0.226. The largest absolute Gasteiger partial charge is 0.329 e. The Morgan fingerprint density at radius 3 is 2.82 bits per heavy atom. The Morgan fingerprint density at radius 1 is 1.59 bits per heavy atom. The molecule has 0 aliphatic carbocycles. The minimum absolute atomic E-state index is 0.142. The van der Waals surface area contributed by atoms with Crippen molar-refractivity contribution in [3.8, 4) is 0 Å². The molecule has 1 amide bonds. The van der Waals surface area contributed by atoms with Gasteiger partial charge in [0, 0.05) is 19.2 Å². The Hall–Kier alpha value is -1.40. The van der Waals surface area contributed by atoms with Gasteiger partial charge in [0.2, 0.25) is 11.1 Å². The van der Waals surface area contributed by atoms with Gasteiger partial charge in [-0.1, -0.05) is 11.6 Å². The molecule has 0 radical (unpaired) electrons. The van der Waals surface area contributed by atoms with Crippen molar-refractivity contribution in [2.75, 3.05) is 11.4 Å². The number of anilines is 1. The molecule has 2 rings (SSSR count). The lowest BCUT2D eigenvalue weighted by atomic mass is 10.3. The first-order valence-electron chi connectivity index (χ1n) is 4.74. The van der Waals surface area contributed by atoms with Gasteiger partial charge in [-0.25, -0.2) is 4.98 Å². The van der Waals surface area contributed by atoms with Crippen LogP contribution >= 0.6 is 23.2 Å². The van der Waals surface area contributed by atoms with Crippen LogP contribution in [0.5, 0.6) is 0 Å². The van der Waals surface area contributed by atoms with Gasteiger partial charge in [-0.15, -0.1) is 11.6 Å². The number of amides is 1. The maximum absolute atomic E-state index is 11.6. The number of nitrogens with zero attached hydrogens (tertiary/aromatic N) is 3. The van der Waals surface area contributed by atoms with E-state index in [0.29, 0.717) is 0 Å². The van der Waals surface area contributed by atoms with Gasteiger partial charge < -0.3 is 4.90 Å². The summed E-state index contributed by atoms with van der Waals surface area (Å²) in [4.78, 5) is 26.8. The van der Waals surface area contributed by atoms with Crippen molar-refractivity contribution in [3.05, 3.63) is 27.5 Å². The van der Waals surface area contributed by atoms with Crippen LogP contribution in [0.15, 0.2) is 12.3 Å². The second-order valence-electron chi connectivity index (χ2n) is 3.53. The van der Waals surface area contributed by atoms with Crippen molar-refractivity contribution >= 4 is 40.5 Å². The molecular formula is C9H7Cl2N3O3. The normalized spacial score (nSPS) is 19.8. The molecule has 17 heavy (non-hydrogen) atoms. The van der Waals surface area contributed by atoms with Crippen LogP contribution in [0.3, 0.4) is 0 Å². The van der Waals surface area contributed by atoms with E-state index in [2.05, 4.69) is 4.98 Å². The fraction of sp³-hybridized carbons (Fsp3) is 0.333. The van der Waals surface area contributed by atoms with E-state index in [4.69, 9.17) is 23.2 Å². The number of hydrogen-bond donors (Lipinski definition) is 0. The SMILES string of the molecule is O=C1CC(Cl)CN1c1ccnc(Cl)c1[N+](=O)[O-]. The predicted octanol–water partition coefficient (Wildman–Crippen LogP) is 1.99. The Morgan fingerprint density at radius 2 is 2.29 bits per heavy atom. The van der Waals surface area contributed by atoms with Gasteiger partial charge in [-0.3, -0.25) is 14.9 Å². The molecule has 2 heterocycles. The van der Waals surface area contributed by atoms with Crippen molar-refractivity contribution in [2.24, 2.45) is 0 Å². The number of carbonyl (C=O) groups is 1. The first kappa shape index (κ1) is 12.1. The van der Waals surface area contributed by atoms with Gasteiger partial charge in [-0.05, 0) is 6.07 Å². The number of alkyl halides is 1. The molecule has 1 aromatic rings. The van der Waals surface area contributed by atoms with Crippen LogP contribution in [0.25, 0.3) is 0 Å². The molecule has 0 bridgehead atoms. The minimum atomic E-state index is -0.653. The fourth-order valence-electron chi connectivity index (χ4n) is 1.70. The van der Waals surface area contributed by atoms with E-state index in [1.165, 1.54) is 17.2 Å². The lowest BCUT2D eigenvalue weighted by Gasteiger charge is -2.15. The summed E-state index contributed by atoms with van der Waals surface area (Å²) < 4.78 is 0. The molecule has 1 aromatic heterocycles. The molecule has 0 N–H and O–H groups in total. The van der Waals surface area contributed by atoms with Crippen LogP contribution in [0.4, 0.5) is 11.4 Å². The van der Waals surface area contributed by atoms with Gasteiger partial charge in [0.25, 0.3) is 0 Å². The summed E-state index contributed by atoms with van der Waals surface area (Å²) in [5, 5.41) is 10.3.